The Morgan fingerprint density at radius 1 is 1.35 bits per heavy atom. The van der Waals surface area contributed by atoms with E-state index in [0.29, 0.717) is 11.3 Å². The number of aryl methyl sites for hydroxylation is 2. The molecule has 1 aromatic heterocycles. The van der Waals surface area contributed by atoms with Crippen molar-refractivity contribution in [2.75, 3.05) is 0 Å². The molecule has 1 aliphatic carbocycles. The van der Waals surface area contributed by atoms with Crippen LogP contribution in [0.3, 0.4) is 0 Å². The molecule has 0 spiro atoms. The third-order valence-corrected chi connectivity index (χ3v) is 2.78. The van der Waals surface area contributed by atoms with Crippen LogP contribution in [0, 0.1) is 13.8 Å². The molecule has 0 aliphatic heterocycles. The second kappa shape index (κ2) is 4.57. The smallest absolute Gasteiger partial charge is 0.274 e. The van der Waals surface area contributed by atoms with Crippen LogP contribution in [0.5, 0.6) is 0 Å². The van der Waals surface area contributed by atoms with E-state index in [0.717, 1.165) is 24.3 Å². The number of carbonyl (C=O) groups excluding carboxylic acids is 1. The number of hydrazone groups is 1. The Morgan fingerprint density at radius 2 is 2.12 bits per heavy atom. The highest BCUT2D eigenvalue weighted by Gasteiger charge is 2.13. The molecule has 0 saturated heterocycles. The fourth-order valence-electron chi connectivity index (χ4n) is 1.88. The van der Waals surface area contributed by atoms with Gasteiger partial charge in [0.1, 0.15) is 11.5 Å². The molecule has 0 unspecified atom stereocenters. The van der Waals surface area contributed by atoms with Crippen LogP contribution in [0.4, 0.5) is 0 Å². The Kier molecular flexibility index (Phi) is 3.13. The monoisotopic (exact) mass is 232 g/mol. The lowest BCUT2D eigenvalue weighted by Gasteiger charge is -1.98. The Balaban J connectivity index is 2.05. The van der Waals surface area contributed by atoms with Gasteiger partial charge in [0.15, 0.2) is 0 Å². The molecule has 17 heavy (non-hydrogen) atoms. The molecule has 0 aromatic carbocycles. The summed E-state index contributed by atoms with van der Waals surface area (Å²) in [5.74, 6) is 1.14. The first-order valence-corrected chi connectivity index (χ1v) is 5.67. The highest BCUT2D eigenvalue weighted by Crippen LogP contribution is 2.15. The van der Waals surface area contributed by atoms with Crippen LogP contribution in [-0.4, -0.2) is 11.6 Å². The molecule has 4 nitrogen and oxygen atoms in total. The molecule has 1 N–H and O–H groups in total. The summed E-state index contributed by atoms with van der Waals surface area (Å²) in [7, 11) is 0. The van der Waals surface area contributed by atoms with Gasteiger partial charge in [0.05, 0.1) is 11.3 Å². The number of furan rings is 1. The van der Waals surface area contributed by atoms with Crippen molar-refractivity contribution in [3.63, 3.8) is 0 Å². The lowest BCUT2D eigenvalue weighted by molar-refractivity contribution is 0.0953. The molecule has 0 saturated carbocycles. The number of allylic oxidation sites excluding steroid dienone is 2. The summed E-state index contributed by atoms with van der Waals surface area (Å²) < 4.78 is 5.30. The number of carbonyl (C=O) groups is 1. The van der Waals surface area contributed by atoms with Crippen molar-refractivity contribution in [2.45, 2.75) is 33.6 Å². The van der Waals surface area contributed by atoms with Crippen molar-refractivity contribution >= 4 is 11.6 Å². The van der Waals surface area contributed by atoms with Crippen LogP contribution >= 0.6 is 0 Å². The first-order chi connectivity index (χ1) is 8.06. The summed E-state index contributed by atoms with van der Waals surface area (Å²) in [5.41, 5.74) is 5.33. The quantitative estimate of drug-likeness (QED) is 0.797. The molecule has 0 radical (unpaired) electrons. The van der Waals surface area contributed by atoms with Gasteiger partial charge >= 0.3 is 0 Å². The average molecular weight is 232 g/mol. The fourth-order valence-corrected chi connectivity index (χ4v) is 1.88. The summed E-state index contributed by atoms with van der Waals surface area (Å²) in [6.45, 7) is 5.65. The topological polar surface area (TPSA) is 54.6 Å². The van der Waals surface area contributed by atoms with Crippen LogP contribution in [0.15, 0.2) is 27.2 Å². The molecule has 2 rings (SSSR count). The summed E-state index contributed by atoms with van der Waals surface area (Å²) in [4.78, 5) is 11.8. The molecule has 0 bridgehead atoms. The van der Waals surface area contributed by atoms with Gasteiger partial charge in [0.25, 0.3) is 5.91 Å². The van der Waals surface area contributed by atoms with E-state index in [1.54, 1.807) is 13.0 Å². The van der Waals surface area contributed by atoms with Crippen LogP contribution < -0.4 is 5.43 Å². The highest BCUT2D eigenvalue weighted by atomic mass is 16.3. The van der Waals surface area contributed by atoms with Gasteiger partial charge in [0.2, 0.25) is 0 Å². The molecule has 4 heteroatoms. The lowest BCUT2D eigenvalue weighted by Crippen LogP contribution is -2.19. The summed E-state index contributed by atoms with van der Waals surface area (Å²) >= 11 is 0. The van der Waals surface area contributed by atoms with Gasteiger partial charge in [-0.2, -0.15) is 5.10 Å². The molecule has 0 fully saturated rings. The van der Waals surface area contributed by atoms with Gasteiger partial charge in [-0.15, -0.1) is 0 Å². The van der Waals surface area contributed by atoms with Gasteiger partial charge < -0.3 is 4.42 Å². The van der Waals surface area contributed by atoms with E-state index in [9.17, 15) is 4.79 Å². The van der Waals surface area contributed by atoms with Crippen LogP contribution in [0.25, 0.3) is 0 Å². The van der Waals surface area contributed by atoms with E-state index in [4.69, 9.17) is 4.42 Å². The maximum absolute atomic E-state index is 11.8. The maximum atomic E-state index is 11.8. The molecular formula is C13H16N2O2. The Morgan fingerprint density at radius 3 is 2.65 bits per heavy atom. The van der Waals surface area contributed by atoms with Crippen molar-refractivity contribution in [2.24, 2.45) is 5.10 Å². The number of nitrogens with one attached hydrogen (secondary N) is 1. The molecule has 0 atom stereocenters. The zero-order valence-corrected chi connectivity index (χ0v) is 10.3. The van der Waals surface area contributed by atoms with Gasteiger partial charge in [-0.25, -0.2) is 5.43 Å². The predicted octanol–water partition coefficient (Wildman–Crippen LogP) is 2.72. The standard InChI is InChI=1S/C13H16N2O2/c1-8-4-5-11(6-8)14-15-13(16)12-7-9(2)17-10(12)3/h6-7H,4-5H2,1-3H3,(H,15,16)/b14-11-. The minimum Gasteiger partial charge on any atom is -0.466 e. The normalized spacial score (nSPS) is 17.4. The SMILES string of the molecule is CC1=C/C(=N\NC(=O)c2cc(C)oc2C)CC1. The van der Waals surface area contributed by atoms with E-state index >= 15 is 0 Å². The minimum atomic E-state index is -0.218. The first-order valence-electron chi connectivity index (χ1n) is 5.67. The lowest BCUT2D eigenvalue weighted by atomic mass is 10.2. The van der Waals surface area contributed by atoms with Crippen LogP contribution in [0.1, 0.15) is 41.6 Å². The Hall–Kier alpha value is -1.84. The zero-order valence-electron chi connectivity index (χ0n) is 10.3. The molecule has 1 aliphatic rings. The third kappa shape index (κ3) is 2.64. The van der Waals surface area contributed by atoms with Gasteiger partial charge in [0, 0.05) is 0 Å². The van der Waals surface area contributed by atoms with Crippen molar-refractivity contribution < 1.29 is 9.21 Å². The van der Waals surface area contributed by atoms with Crippen molar-refractivity contribution in [1.82, 2.24) is 5.43 Å². The number of nitrogens with zero attached hydrogens (tertiary/aromatic N) is 1. The average Bonchev–Trinajstić information content (AvgIpc) is 2.81. The van der Waals surface area contributed by atoms with E-state index in [1.807, 2.05) is 13.0 Å². The number of amides is 1. The van der Waals surface area contributed by atoms with Gasteiger partial charge in [-0.1, -0.05) is 5.57 Å². The minimum absolute atomic E-state index is 0.218. The van der Waals surface area contributed by atoms with E-state index in [2.05, 4.69) is 17.5 Å². The first kappa shape index (κ1) is 11.6. The Bertz CT molecular complexity index is 509. The van der Waals surface area contributed by atoms with Gasteiger partial charge in [-0.3, -0.25) is 4.79 Å². The highest BCUT2D eigenvalue weighted by molar-refractivity contribution is 6.00. The molecule has 90 valence electrons. The zero-order chi connectivity index (χ0) is 12.4. The van der Waals surface area contributed by atoms with E-state index in [-0.39, 0.29) is 5.91 Å². The second-order valence-electron chi connectivity index (χ2n) is 4.36. The van der Waals surface area contributed by atoms with Crippen molar-refractivity contribution in [3.05, 3.63) is 34.8 Å². The summed E-state index contributed by atoms with van der Waals surface area (Å²) in [5, 5.41) is 4.10. The van der Waals surface area contributed by atoms with Crippen molar-refractivity contribution in [3.8, 4) is 0 Å². The molecule has 1 heterocycles. The fraction of sp³-hybridized carbons (Fsp3) is 0.385. The summed E-state index contributed by atoms with van der Waals surface area (Å²) in [6.07, 6.45) is 3.93. The largest absolute Gasteiger partial charge is 0.466 e. The van der Waals surface area contributed by atoms with E-state index in [1.165, 1.54) is 5.57 Å². The summed E-state index contributed by atoms with van der Waals surface area (Å²) in [6, 6.07) is 1.72. The Labute approximate surface area is 100 Å². The second-order valence-corrected chi connectivity index (χ2v) is 4.36. The maximum Gasteiger partial charge on any atom is 0.274 e. The molecular weight excluding hydrogens is 216 g/mol. The van der Waals surface area contributed by atoms with Crippen molar-refractivity contribution in [1.29, 1.82) is 0 Å². The van der Waals surface area contributed by atoms with E-state index < -0.39 is 0 Å². The number of hydrogen-bond acceptors (Lipinski definition) is 3. The van der Waals surface area contributed by atoms with Crippen LogP contribution in [0.2, 0.25) is 0 Å². The van der Waals surface area contributed by atoms with Crippen LogP contribution in [-0.2, 0) is 0 Å². The molecule has 1 amide bonds. The number of hydrogen-bond donors (Lipinski definition) is 1. The number of rotatable bonds is 2. The predicted molar refractivity (Wildman–Crippen MR) is 66.1 cm³/mol. The van der Waals surface area contributed by atoms with Gasteiger partial charge in [-0.05, 0) is 45.8 Å². The molecule has 1 aromatic rings. The third-order valence-electron chi connectivity index (χ3n) is 2.78.